The maximum atomic E-state index is 12.9. The first-order chi connectivity index (χ1) is 7.65. The van der Waals surface area contributed by atoms with Gasteiger partial charge in [0.05, 0.1) is 0 Å². The summed E-state index contributed by atoms with van der Waals surface area (Å²) < 4.78 is 12.9. The second kappa shape index (κ2) is 6.50. The van der Waals surface area contributed by atoms with Gasteiger partial charge in [-0.3, -0.25) is 4.79 Å². The van der Waals surface area contributed by atoms with Crippen molar-refractivity contribution < 1.29 is 14.3 Å². The lowest BCUT2D eigenvalue weighted by Crippen LogP contribution is -2.24. The van der Waals surface area contributed by atoms with Crippen LogP contribution in [0.15, 0.2) is 23.1 Å². The van der Waals surface area contributed by atoms with Crippen molar-refractivity contribution in [3.63, 3.8) is 0 Å². The van der Waals surface area contributed by atoms with Crippen LogP contribution in [-0.4, -0.2) is 24.2 Å². The van der Waals surface area contributed by atoms with Crippen molar-refractivity contribution in [2.45, 2.75) is 17.7 Å². The van der Waals surface area contributed by atoms with Crippen LogP contribution in [0.1, 0.15) is 23.2 Å². The van der Waals surface area contributed by atoms with Crippen molar-refractivity contribution in [1.29, 1.82) is 0 Å². The number of halogens is 1. The lowest BCUT2D eigenvalue weighted by Gasteiger charge is -2.05. The van der Waals surface area contributed by atoms with Crippen LogP contribution >= 0.6 is 12.6 Å². The van der Waals surface area contributed by atoms with Gasteiger partial charge in [-0.05, 0) is 31.0 Å². The Morgan fingerprint density at radius 2 is 2.19 bits per heavy atom. The summed E-state index contributed by atoms with van der Waals surface area (Å²) in [6.07, 6.45) is 1.37. The third-order valence-corrected chi connectivity index (χ3v) is 2.42. The quantitative estimate of drug-likeness (QED) is 0.543. The van der Waals surface area contributed by atoms with Crippen molar-refractivity contribution in [3.8, 4) is 0 Å². The highest BCUT2D eigenvalue weighted by atomic mass is 32.1. The van der Waals surface area contributed by atoms with E-state index in [1.807, 2.05) is 0 Å². The van der Waals surface area contributed by atoms with E-state index in [0.29, 0.717) is 18.5 Å². The summed E-state index contributed by atoms with van der Waals surface area (Å²) >= 11 is 3.90. The van der Waals surface area contributed by atoms with Gasteiger partial charge in [-0.1, -0.05) is 0 Å². The van der Waals surface area contributed by atoms with Crippen molar-refractivity contribution in [1.82, 2.24) is 5.32 Å². The molecule has 3 nitrogen and oxygen atoms in total. The zero-order valence-electron chi connectivity index (χ0n) is 8.74. The van der Waals surface area contributed by atoms with E-state index in [9.17, 15) is 9.18 Å². The molecule has 0 heterocycles. The van der Waals surface area contributed by atoms with Crippen LogP contribution in [0.3, 0.4) is 0 Å². The number of hydrogen-bond acceptors (Lipinski definition) is 3. The predicted molar refractivity (Wildman–Crippen MR) is 62.3 cm³/mol. The fourth-order valence-corrected chi connectivity index (χ4v) is 1.41. The molecule has 0 aliphatic carbocycles. The van der Waals surface area contributed by atoms with Crippen molar-refractivity contribution in [3.05, 3.63) is 29.6 Å². The van der Waals surface area contributed by atoms with Crippen LogP contribution in [0.5, 0.6) is 0 Å². The number of hydrogen-bond donors (Lipinski definition) is 3. The fraction of sp³-hybridized carbons (Fsp3) is 0.364. The van der Waals surface area contributed by atoms with E-state index in [1.165, 1.54) is 18.2 Å². The SMILES string of the molecule is O=C(NCCCCO)c1ccc(F)c(S)c1. The Hall–Kier alpha value is -1.07. The second-order valence-corrected chi connectivity index (χ2v) is 3.83. The van der Waals surface area contributed by atoms with Crippen molar-refractivity contribution in [2.75, 3.05) is 13.2 Å². The molecule has 16 heavy (non-hydrogen) atoms. The van der Waals surface area contributed by atoms with Crippen LogP contribution in [0, 0.1) is 5.82 Å². The summed E-state index contributed by atoms with van der Waals surface area (Å²) in [7, 11) is 0. The average molecular weight is 243 g/mol. The maximum Gasteiger partial charge on any atom is 0.251 e. The maximum absolute atomic E-state index is 12.9. The smallest absolute Gasteiger partial charge is 0.251 e. The number of aliphatic hydroxyl groups is 1. The lowest BCUT2D eigenvalue weighted by molar-refractivity contribution is 0.0952. The highest BCUT2D eigenvalue weighted by molar-refractivity contribution is 7.80. The Kier molecular flexibility index (Phi) is 5.28. The van der Waals surface area contributed by atoms with E-state index in [4.69, 9.17) is 5.11 Å². The molecule has 0 radical (unpaired) electrons. The van der Waals surface area contributed by atoms with Crippen molar-refractivity contribution >= 4 is 18.5 Å². The summed E-state index contributed by atoms with van der Waals surface area (Å²) in [4.78, 5) is 11.7. The monoisotopic (exact) mass is 243 g/mol. The molecule has 0 unspecified atom stereocenters. The Morgan fingerprint density at radius 3 is 2.81 bits per heavy atom. The molecular weight excluding hydrogens is 229 g/mol. The van der Waals surface area contributed by atoms with Gasteiger partial charge < -0.3 is 10.4 Å². The zero-order valence-corrected chi connectivity index (χ0v) is 9.64. The number of nitrogens with one attached hydrogen (secondary N) is 1. The van der Waals surface area contributed by atoms with Crippen LogP contribution < -0.4 is 5.32 Å². The molecule has 5 heteroatoms. The molecule has 1 amide bonds. The first-order valence-electron chi connectivity index (χ1n) is 5.02. The number of carbonyl (C=O) groups excluding carboxylic acids is 1. The number of carbonyl (C=O) groups is 1. The minimum absolute atomic E-state index is 0.118. The molecule has 1 aromatic rings. The normalized spacial score (nSPS) is 10.2. The van der Waals surface area contributed by atoms with E-state index in [0.717, 1.165) is 6.42 Å². The van der Waals surface area contributed by atoms with Gasteiger partial charge in [-0.25, -0.2) is 4.39 Å². The minimum Gasteiger partial charge on any atom is -0.396 e. The van der Waals surface area contributed by atoms with Gasteiger partial charge in [-0.15, -0.1) is 12.6 Å². The minimum atomic E-state index is -0.444. The summed E-state index contributed by atoms with van der Waals surface area (Å²) in [6.45, 7) is 0.617. The molecule has 88 valence electrons. The average Bonchev–Trinajstić information content (AvgIpc) is 2.28. The van der Waals surface area contributed by atoms with E-state index in [1.54, 1.807) is 0 Å². The molecular formula is C11H14FNO2S. The third-order valence-electron chi connectivity index (χ3n) is 2.08. The van der Waals surface area contributed by atoms with Crippen LogP contribution in [0.2, 0.25) is 0 Å². The molecule has 0 fully saturated rings. The second-order valence-electron chi connectivity index (χ2n) is 3.35. The van der Waals surface area contributed by atoms with Gasteiger partial charge in [0.1, 0.15) is 5.82 Å². The largest absolute Gasteiger partial charge is 0.396 e. The van der Waals surface area contributed by atoms with Crippen LogP contribution in [0.4, 0.5) is 4.39 Å². The lowest BCUT2D eigenvalue weighted by atomic mass is 10.2. The van der Waals surface area contributed by atoms with E-state index in [2.05, 4.69) is 17.9 Å². The van der Waals surface area contributed by atoms with Crippen LogP contribution in [-0.2, 0) is 0 Å². The van der Waals surface area contributed by atoms with E-state index >= 15 is 0 Å². The molecule has 0 atom stereocenters. The number of rotatable bonds is 5. The Morgan fingerprint density at radius 1 is 1.44 bits per heavy atom. The van der Waals surface area contributed by atoms with Gasteiger partial charge in [-0.2, -0.15) is 0 Å². The van der Waals surface area contributed by atoms with Gasteiger partial charge in [0.2, 0.25) is 0 Å². The summed E-state index contributed by atoms with van der Waals surface area (Å²) in [5.74, 6) is -0.701. The highest BCUT2D eigenvalue weighted by Crippen LogP contribution is 2.13. The number of amides is 1. The molecule has 0 spiro atoms. The Bertz CT molecular complexity index is 371. The summed E-state index contributed by atoms with van der Waals surface area (Å²) in [6, 6.07) is 4.02. The van der Waals surface area contributed by atoms with Gasteiger partial charge in [0, 0.05) is 23.6 Å². The Labute approximate surface area is 99.1 Å². The summed E-state index contributed by atoms with van der Waals surface area (Å²) in [5, 5.41) is 11.2. The molecule has 0 saturated carbocycles. The molecule has 0 aromatic heterocycles. The first-order valence-corrected chi connectivity index (χ1v) is 5.47. The number of unbranched alkanes of at least 4 members (excludes halogenated alkanes) is 1. The fourth-order valence-electron chi connectivity index (χ4n) is 1.19. The van der Waals surface area contributed by atoms with Crippen LogP contribution in [0.25, 0.3) is 0 Å². The topological polar surface area (TPSA) is 49.3 Å². The zero-order chi connectivity index (χ0) is 12.0. The predicted octanol–water partition coefficient (Wildman–Crippen LogP) is 1.62. The number of aliphatic hydroxyl groups excluding tert-OH is 1. The molecule has 0 bridgehead atoms. The standard InChI is InChI=1S/C11H14FNO2S/c12-9-4-3-8(7-10(9)16)11(15)13-5-1-2-6-14/h3-4,7,14,16H,1-2,5-6H2,(H,13,15). The van der Waals surface area contributed by atoms with E-state index < -0.39 is 5.82 Å². The molecule has 0 saturated heterocycles. The first kappa shape index (κ1) is 13.0. The molecule has 1 rings (SSSR count). The Balaban J connectivity index is 2.50. The van der Waals surface area contributed by atoms with Crippen molar-refractivity contribution in [2.24, 2.45) is 0 Å². The van der Waals surface area contributed by atoms with E-state index in [-0.39, 0.29) is 17.4 Å². The molecule has 2 N–H and O–H groups in total. The molecule has 0 aliphatic heterocycles. The molecule has 0 aliphatic rings. The van der Waals surface area contributed by atoms with Gasteiger partial charge in [0.15, 0.2) is 0 Å². The highest BCUT2D eigenvalue weighted by Gasteiger charge is 2.07. The number of benzene rings is 1. The number of thiol groups is 1. The van der Waals surface area contributed by atoms with Gasteiger partial charge in [0.25, 0.3) is 5.91 Å². The summed E-state index contributed by atoms with van der Waals surface area (Å²) in [5.41, 5.74) is 0.385. The third kappa shape index (κ3) is 3.83. The van der Waals surface area contributed by atoms with Gasteiger partial charge >= 0.3 is 0 Å². The molecule has 1 aromatic carbocycles.